The van der Waals surface area contributed by atoms with E-state index in [2.05, 4.69) is 65.6 Å². The molecule has 1 saturated carbocycles. The van der Waals surface area contributed by atoms with Gasteiger partial charge in [-0.15, -0.1) is 0 Å². The number of carbonyl (C=O) groups is 3. The van der Waals surface area contributed by atoms with Crippen LogP contribution < -0.4 is 0 Å². The van der Waals surface area contributed by atoms with Gasteiger partial charge in [-0.1, -0.05) is 135 Å². The topological polar surface area (TPSA) is 81.2 Å². The Balaban J connectivity index is 1.11. The first-order valence-corrected chi connectivity index (χ1v) is 17.9. The van der Waals surface area contributed by atoms with Gasteiger partial charge in [0.05, 0.1) is 6.04 Å². The molecule has 0 bridgehead atoms. The molecule has 2 fully saturated rings. The molecule has 2 aliphatic rings. The van der Waals surface area contributed by atoms with Gasteiger partial charge in [0.2, 0.25) is 5.91 Å². The lowest BCUT2D eigenvalue weighted by Crippen LogP contribution is -2.49. The van der Waals surface area contributed by atoms with Crippen LogP contribution in [-0.2, 0) is 20.9 Å². The zero-order valence-electron chi connectivity index (χ0n) is 28.6. The normalized spacial score (nSPS) is 16.4. The van der Waals surface area contributed by atoms with Gasteiger partial charge in [-0.25, -0.2) is 4.79 Å². The van der Waals surface area contributed by atoms with Gasteiger partial charge in [-0.3, -0.25) is 14.5 Å². The minimum atomic E-state index is -1.43. The highest BCUT2D eigenvalue weighted by atomic mass is 16.4. The van der Waals surface area contributed by atoms with Crippen molar-refractivity contribution >= 4 is 23.9 Å². The van der Waals surface area contributed by atoms with Gasteiger partial charge in [-0.05, 0) is 52.7 Å². The minimum Gasteiger partial charge on any atom is -0.474 e. The highest BCUT2D eigenvalue weighted by Crippen LogP contribution is 2.37. The zero-order chi connectivity index (χ0) is 34.7. The molecule has 4 aromatic carbocycles. The van der Waals surface area contributed by atoms with Crippen LogP contribution in [0, 0.1) is 5.92 Å². The summed E-state index contributed by atoms with van der Waals surface area (Å²) in [5, 5.41) is 9.66. The van der Waals surface area contributed by atoms with Gasteiger partial charge in [0.15, 0.2) is 0 Å². The molecule has 7 heteroatoms. The third kappa shape index (κ3) is 8.96. The van der Waals surface area contributed by atoms with Gasteiger partial charge in [0.25, 0.3) is 0 Å². The average molecular weight is 670 g/mol. The lowest BCUT2D eigenvalue weighted by molar-refractivity contribution is -0.156. The van der Waals surface area contributed by atoms with Crippen molar-refractivity contribution in [3.8, 4) is 0 Å². The summed E-state index contributed by atoms with van der Waals surface area (Å²) in [6, 6.07) is 39.1. The van der Waals surface area contributed by atoms with Crippen LogP contribution in [-0.4, -0.2) is 70.3 Å². The smallest absolute Gasteiger partial charge is 0.394 e. The van der Waals surface area contributed by atoms with Crippen LogP contribution in [0.5, 0.6) is 0 Å². The maximum atomic E-state index is 13.3. The Bertz CT molecular complexity index is 1670. The summed E-state index contributed by atoms with van der Waals surface area (Å²) < 4.78 is 0. The fourth-order valence-electron chi connectivity index (χ4n) is 7.67. The van der Waals surface area contributed by atoms with E-state index in [9.17, 15) is 19.5 Å². The van der Waals surface area contributed by atoms with Gasteiger partial charge in [0, 0.05) is 51.3 Å². The van der Waals surface area contributed by atoms with Crippen molar-refractivity contribution in [2.45, 2.75) is 50.6 Å². The number of rotatable bonds is 11. The van der Waals surface area contributed by atoms with Crippen LogP contribution in [0.4, 0.5) is 0 Å². The van der Waals surface area contributed by atoms with Gasteiger partial charge >= 0.3 is 11.9 Å². The fraction of sp³-hybridized carbons (Fsp3) is 0.326. The SMILES string of the molecule is O=C(O)C(=O)N(Cc1ccccc1)CC(c1ccc(C=CC(=O)N2CCN(C(c3ccccc3)c3ccccc3)CC2)cc1)C1CCCCC1. The Labute approximate surface area is 295 Å². The Kier molecular flexibility index (Phi) is 11.9. The molecule has 0 radical (unpaired) electrons. The molecule has 1 aliphatic carbocycles. The predicted molar refractivity (Wildman–Crippen MR) is 197 cm³/mol. The highest BCUT2D eigenvalue weighted by Gasteiger charge is 2.31. The van der Waals surface area contributed by atoms with Gasteiger partial charge in [-0.2, -0.15) is 0 Å². The zero-order valence-corrected chi connectivity index (χ0v) is 28.6. The van der Waals surface area contributed by atoms with E-state index in [1.807, 2.05) is 65.6 Å². The van der Waals surface area contributed by atoms with E-state index in [4.69, 9.17) is 0 Å². The number of piperazine rings is 1. The van der Waals surface area contributed by atoms with Crippen molar-refractivity contribution in [2.24, 2.45) is 5.92 Å². The maximum absolute atomic E-state index is 13.3. The number of hydrogen-bond donors (Lipinski definition) is 1. The van der Waals surface area contributed by atoms with E-state index in [1.165, 1.54) is 22.4 Å². The molecule has 1 heterocycles. The Morgan fingerprint density at radius 1 is 0.700 bits per heavy atom. The van der Waals surface area contributed by atoms with E-state index < -0.39 is 11.9 Å². The molecule has 2 amide bonds. The van der Waals surface area contributed by atoms with Gasteiger partial charge < -0.3 is 14.9 Å². The number of nitrogens with zero attached hydrogens (tertiary/aromatic N) is 3. The molecule has 1 saturated heterocycles. The number of carbonyl (C=O) groups excluding carboxylic acids is 2. The van der Waals surface area contributed by atoms with E-state index in [0.29, 0.717) is 25.6 Å². The number of amides is 2. The van der Waals surface area contributed by atoms with Crippen molar-refractivity contribution in [3.63, 3.8) is 0 Å². The minimum absolute atomic E-state index is 0.00789. The first-order valence-electron chi connectivity index (χ1n) is 17.9. The molecule has 6 rings (SSSR count). The third-order valence-corrected chi connectivity index (χ3v) is 10.3. The Morgan fingerprint density at radius 3 is 1.82 bits per heavy atom. The first kappa shape index (κ1) is 34.8. The highest BCUT2D eigenvalue weighted by molar-refractivity contribution is 6.31. The van der Waals surface area contributed by atoms with Crippen LogP contribution in [0.3, 0.4) is 0 Å². The molecular formula is C43H47N3O4. The molecule has 0 aromatic heterocycles. The second kappa shape index (κ2) is 17.1. The molecule has 50 heavy (non-hydrogen) atoms. The van der Waals surface area contributed by atoms with E-state index >= 15 is 0 Å². The van der Waals surface area contributed by atoms with Crippen LogP contribution in [0.15, 0.2) is 121 Å². The first-order chi connectivity index (χ1) is 24.5. The standard InChI is InChI=1S/C43H47N3O4/c47-40(44-27-29-45(30-28-44)41(37-17-9-3-10-18-37)38-19-11-4-12-20-38)26-23-33-21-24-36(25-22-33)39(35-15-7-2-8-16-35)32-46(42(48)43(49)50)31-34-13-5-1-6-14-34/h1,3-6,9-14,17-26,35,39,41H,2,7-8,15-16,27-32H2,(H,49,50). The molecule has 4 aromatic rings. The molecule has 0 spiro atoms. The van der Waals surface area contributed by atoms with Crippen LogP contribution in [0.25, 0.3) is 6.08 Å². The van der Waals surface area contributed by atoms with Crippen molar-refractivity contribution in [2.75, 3.05) is 32.7 Å². The largest absolute Gasteiger partial charge is 0.474 e. The second-order valence-electron chi connectivity index (χ2n) is 13.6. The molecular weight excluding hydrogens is 622 g/mol. The number of carboxylic acid groups (broad SMARTS) is 1. The van der Waals surface area contributed by atoms with Crippen LogP contribution in [0.1, 0.15) is 71.9 Å². The van der Waals surface area contributed by atoms with E-state index in [-0.39, 0.29) is 24.4 Å². The number of aliphatic carboxylic acids is 1. The Morgan fingerprint density at radius 2 is 1.26 bits per heavy atom. The number of benzene rings is 4. The lowest BCUT2D eigenvalue weighted by atomic mass is 9.76. The summed E-state index contributed by atoms with van der Waals surface area (Å²) in [6.45, 7) is 3.50. The summed E-state index contributed by atoms with van der Waals surface area (Å²) in [4.78, 5) is 43.9. The predicted octanol–water partition coefficient (Wildman–Crippen LogP) is 7.41. The molecule has 7 nitrogen and oxygen atoms in total. The molecule has 1 atom stereocenters. The second-order valence-corrected chi connectivity index (χ2v) is 13.6. The summed E-state index contributed by atoms with van der Waals surface area (Å²) in [6.07, 6.45) is 9.16. The summed E-state index contributed by atoms with van der Waals surface area (Å²) in [5.41, 5.74) is 5.44. The molecule has 1 N–H and O–H groups in total. The van der Waals surface area contributed by atoms with E-state index in [0.717, 1.165) is 55.5 Å². The average Bonchev–Trinajstić information content (AvgIpc) is 3.17. The van der Waals surface area contributed by atoms with E-state index in [1.54, 1.807) is 6.08 Å². The third-order valence-electron chi connectivity index (χ3n) is 10.3. The van der Waals surface area contributed by atoms with Crippen molar-refractivity contribution in [1.29, 1.82) is 0 Å². The number of carboxylic acids is 1. The summed E-state index contributed by atoms with van der Waals surface area (Å²) in [7, 11) is 0. The summed E-state index contributed by atoms with van der Waals surface area (Å²) >= 11 is 0. The molecule has 1 unspecified atom stereocenters. The Hall–Kier alpha value is -5.01. The fourth-order valence-corrected chi connectivity index (χ4v) is 7.67. The molecule has 1 aliphatic heterocycles. The van der Waals surface area contributed by atoms with Crippen molar-refractivity contribution in [3.05, 3.63) is 149 Å². The maximum Gasteiger partial charge on any atom is 0.394 e. The quantitative estimate of drug-likeness (QED) is 0.133. The molecule has 258 valence electrons. The monoisotopic (exact) mass is 669 g/mol. The lowest BCUT2D eigenvalue weighted by Gasteiger charge is -2.39. The van der Waals surface area contributed by atoms with Gasteiger partial charge in [0.1, 0.15) is 0 Å². The van der Waals surface area contributed by atoms with Crippen LogP contribution >= 0.6 is 0 Å². The number of hydrogen-bond acceptors (Lipinski definition) is 4. The summed E-state index contributed by atoms with van der Waals surface area (Å²) in [5.74, 6) is -1.90. The van der Waals surface area contributed by atoms with Crippen molar-refractivity contribution < 1.29 is 19.5 Å². The van der Waals surface area contributed by atoms with Crippen molar-refractivity contribution in [1.82, 2.24) is 14.7 Å². The van der Waals surface area contributed by atoms with Crippen LogP contribution in [0.2, 0.25) is 0 Å².